The molecule has 0 aromatic heterocycles. The highest BCUT2D eigenvalue weighted by Gasteiger charge is 2.00. The first-order valence-electron chi connectivity index (χ1n) is 8.68. The van der Waals surface area contributed by atoms with Gasteiger partial charge in [-0.3, -0.25) is 0 Å². The Hall–Kier alpha value is 0.270. The maximum absolute atomic E-state index is 9.19. The van der Waals surface area contributed by atoms with E-state index in [1.54, 1.807) is 0 Å². The van der Waals surface area contributed by atoms with Crippen molar-refractivity contribution in [3.8, 4) is 0 Å². The van der Waals surface area contributed by atoms with Crippen molar-refractivity contribution in [3.63, 3.8) is 0 Å². The lowest BCUT2D eigenvalue weighted by Crippen LogP contribution is -2.12. The average molecular weight is 305 g/mol. The summed E-state index contributed by atoms with van der Waals surface area (Å²) in [5.74, 6) is 2.18. The van der Waals surface area contributed by atoms with Gasteiger partial charge in [-0.2, -0.15) is 11.8 Å². The summed E-state index contributed by atoms with van der Waals surface area (Å²) in [6.07, 6.45) is 15.5. The van der Waals surface area contributed by atoms with E-state index in [9.17, 15) is 5.11 Å². The van der Waals surface area contributed by atoms with Crippen LogP contribution in [0.25, 0.3) is 0 Å². The fraction of sp³-hybridized carbons (Fsp3) is 1.00. The standard InChI is InChI=1S/C17H36O2S/c1-2-3-4-5-6-7-8-9-10-11-12-14-20-15-13-17(19)16-18/h17-19H,2-16H2,1H3. The zero-order chi connectivity index (χ0) is 14.9. The molecular weight excluding hydrogens is 268 g/mol. The quantitative estimate of drug-likeness (QED) is 0.403. The van der Waals surface area contributed by atoms with Gasteiger partial charge in [-0.1, -0.05) is 71.1 Å². The molecule has 0 heterocycles. The lowest BCUT2D eigenvalue weighted by atomic mass is 10.1. The summed E-state index contributed by atoms with van der Waals surface area (Å²) in [5, 5.41) is 17.9. The Morgan fingerprint density at radius 2 is 1.25 bits per heavy atom. The Bertz CT molecular complexity index is 176. The van der Waals surface area contributed by atoms with Gasteiger partial charge < -0.3 is 10.2 Å². The van der Waals surface area contributed by atoms with Crippen molar-refractivity contribution >= 4 is 11.8 Å². The summed E-state index contributed by atoms with van der Waals surface area (Å²) in [6, 6.07) is 0. The van der Waals surface area contributed by atoms with Crippen LogP contribution < -0.4 is 0 Å². The normalized spacial score (nSPS) is 12.8. The van der Waals surface area contributed by atoms with Gasteiger partial charge in [-0.15, -0.1) is 0 Å². The van der Waals surface area contributed by atoms with Gasteiger partial charge >= 0.3 is 0 Å². The molecule has 0 saturated carbocycles. The Balaban J connectivity index is 2.96. The molecule has 2 nitrogen and oxygen atoms in total. The molecule has 20 heavy (non-hydrogen) atoms. The second-order valence-corrected chi connectivity index (χ2v) is 7.00. The van der Waals surface area contributed by atoms with E-state index in [1.165, 1.54) is 76.4 Å². The monoisotopic (exact) mass is 304 g/mol. The molecule has 0 aliphatic rings. The SMILES string of the molecule is CCCCCCCCCCCCCSCCC(O)CO. The topological polar surface area (TPSA) is 40.5 Å². The molecule has 3 heteroatoms. The number of hydrogen-bond donors (Lipinski definition) is 2. The van der Waals surface area contributed by atoms with Gasteiger partial charge in [0.15, 0.2) is 0 Å². The number of rotatable bonds is 16. The van der Waals surface area contributed by atoms with E-state index in [-0.39, 0.29) is 6.61 Å². The molecule has 1 atom stereocenters. The molecule has 0 spiro atoms. The van der Waals surface area contributed by atoms with E-state index in [0.29, 0.717) is 0 Å². The molecule has 0 saturated heterocycles. The number of hydrogen-bond acceptors (Lipinski definition) is 3. The molecule has 0 aromatic carbocycles. The van der Waals surface area contributed by atoms with Crippen LogP contribution in [0.5, 0.6) is 0 Å². The van der Waals surface area contributed by atoms with Crippen molar-refractivity contribution in [1.82, 2.24) is 0 Å². The first-order valence-corrected chi connectivity index (χ1v) is 9.83. The first-order chi connectivity index (χ1) is 9.81. The highest BCUT2D eigenvalue weighted by atomic mass is 32.2. The summed E-state index contributed by atoms with van der Waals surface area (Å²) in [6.45, 7) is 2.17. The van der Waals surface area contributed by atoms with Gasteiger partial charge in [0, 0.05) is 0 Å². The van der Waals surface area contributed by atoms with Crippen LogP contribution in [0.4, 0.5) is 0 Å². The van der Waals surface area contributed by atoms with Gasteiger partial charge in [0.2, 0.25) is 0 Å². The molecule has 2 N–H and O–H groups in total. The molecule has 0 amide bonds. The molecule has 0 aliphatic carbocycles. The molecule has 122 valence electrons. The minimum atomic E-state index is -0.514. The lowest BCUT2D eigenvalue weighted by Gasteiger charge is -2.06. The van der Waals surface area contributed by atoms with Crippen LogP contribution in [0.1, 0.15) is 84.0 Å². The largest absolute Gasteiger partial charge is 0.394 e. The summed E-state index contributed by atoms with van der Waals surface area (Å²) < 4.78 is 0. The molecule has 0 radical (unpaired) electrons. The fourth-order valence-electron chi connectivity index (χ4n) is 2.28. The van der Waals surface area contributed by atoms with Gasteiger partial charge in [-0.25, -0.2) is 0 Å². The van der Waals surface area contributed by atoms with Crippen LogP contribution in [0.15, 0.2) is 0 Å². The predicted octanol–water partition coefficient (Wildman–Crippen LogP) is 4.77. The van der Waals surface area contributed by atoms with E-state index in [2.05, 4.69) is 6.92 Å². The second kappa shape index (κ2) is 17.3. The van der Waals surface area contributed by atoms with Crippen LogP contribution in [0.2, 0.25) is 0 Å². The Labute approximate surface area is 130 Å². The van der Waals surface area contributed by atoms with Crippen molar-refractivity contribution in [2.24, 2.45) is 0 Å². The molecule has 0 fully saturated rings. The van der Waals surface area contributed by atoms with E-state index < -0.39 is 6.10 Å². The summed E-state index contributed by atoms with van der Waals surface area (Å²) >= 11 is 1.91. The molecular formula is C17H36O2S. The number of unbranched alkanes of at least 4 members (excludes halogenated alkanes) is 10. The van der Waals surface area contributed by atoms with E-state index in [1.807, 2.05) is 11.8 Å². The summed E-state index contributed by atoms with van der Waals surface area (Å²) in [4.78, 5) is 0. The van der Waals surface area contributed by atoms with Crippen LogP contribution in [-0.4, -0.2) is 34.4 Å². The minimum Gasteiger partial charge on any atom is -0.394 e. The third kappa shape index (κ3) is 16.3. The van der Waals surface area contributed by atoms with E-state index in [0.717, 1.165) is 12.2 Å². The lowest BCUT2D eigenvalue weighted by molar-refractivity contribution is 0.0932. The van der Waals surface area contributed by atoms with Crippen molar-refractivity contribution in [3.05, 3.63) is 0 Å². The fourth-order valence-corrected chi connectivity index (χ4v) is 3.33. The third-order valence-corrected chi connectivity index (χ3v) is 4.80. The summed E-state index contributed by atoms with van der Waals surface area (Å²) in [5.41, 5.74) is 0. The maximum atomic E-state index is 9.19. The Morgan fingerprint density at radius 3 is 1.75 bits per heavy atom. The average Bonchev–Trinajstić information content (AvgIpc) is 2.47. The number of thioether (sulfide) groups is 1. The van der Waals surface area contributed by atoms with Crippen molar-refractivity contribution in [2.75, 3.05) is 18.1 Å². The van der Waals surface area contributed by atoms with Gasteiger partial charge in [0.25, 0.3) is 0 Å². The summed E-state index contributed by atoms with van der Waals surface area (Å²) in [7, 11) is 0. The molecule has 1 unspecified atom stereocenters. The highest BCUT2D eigenvalue weighted by molar-refractivity contribution is 7.99. The third-order valence-electron chi connectivity index (χ3n) is 3.70. The molecule has 0 aliphatic heterocycles. The minimum absolute atomic E-state index is 0.0982. The Kier molecular flexibility index (Phi) is 17.6. The maximum Gasteiger partial charge on any atom is 0.0778 e. The highest BCUT2D eigenvalue weighted by Crippen LogP contribution is 2.13. The predicted molar refractivity (Wildman–Crippen MR) is 91.5 cm³/mol. The van der Waals surface area contributed by atoms with Crippen LogP contribution >= 0.6 is 11.8 Å². The molecule has 0 aromatic rings. The number of aliphatic hydroxyl groups is 2. The smallest absolute Gasteiger partial charge is 0.0778 e. The van der Waals surface area contributed by atoms with Crippen LogP contribution in [0, 0.1) is 0 Å². The molecule has 0 bridgehead atoms. The second-order valence-electron chi connectivity index (χ2n) is 5.77. The van der Waals surface area contributed by atoms with Gasteiger partial charge in [-0.05, 0) is 24.3 Å². The van der Waals surface area contributed by atoms with Crippen molar-refractivity contribution < 1.29 is 10.2 Å². The molecule has 0 rings (SSSR count). The van der Waals surface area contributed by atoms with E-state index >= 15 is 0 Å². The zero-order valence-electron chi connectivity index (χ0n) is 13.5. The van der Waals surface area contributed by atoms with Crippen molar-refractivity contribution in [2.45, 2.75) is 90.1 Å². The zero-order valence-corrected chi connectivity index (χ0v) is 14.3. The van der Waals surface area contributed by atoms with Gasteiger partial charge in [0.05, 0.1) is 12.7 Å². The van der Waals surface area contributed by atoms with Crippen LogP contribution in [0.3, 0.4) is 0 Å². The van der Waals surface area contributed by atoms with Gasteiger partial charge in [0.1, 0.15) is 0 Å². The van der Waals surface area contributed by atoms with Crippen molar-refractivity contribution in [1.29, 1.82) is 0 Å². The Morgan fingerprint density at radius 1 is 0.750 bits per heavy atom. The van der Waals surface area contributed by atoms with E-state index in [4.69, 9.17) is 5.11 Å². The van der Waals surface area contributed by atoms with Crippen LogP contribution in [-0.2, 0) is 0 Å². The first kappa shape index (κ1) is 20.3. The number of aliphatic hydroxyl groups excluding tert-OH is 2.